The number of amides is 2. The van der Waals surface area contributed by atoms with Crippen LogP contribution in [0.1, 0.15) is 44.4 Å². The van der Waals surface area contributed by atoms with Gasteiger partial charge in [-0.15, -0.1) is 0 Å². The molecule has 1 aliphatic rings. The molecule has 2 amide bonds. The van der Waals surface area contributed by atoms with E-state index in [1.54, 1.807) is 6.92 Å². The van der Waals surface area contributed by atoms with E-state index in [0.717, 1.165) is 19.4 Å². The van der Waals surface area contributed by atoms with Gasteiger partial charge in [0.2, 0.25) is 5.89 Å². The van der Waals surface area contributed by atoms with Gasteiger partial charge in [-0.3, -0.25) is 0 Å². The van der Waals surface area contributed by atoms with Crippen molar-refractivity contribution in [2.45, 2.75) is 45.8 Å². The van der Waals surface area contributed by atoms with Crippen molar-refractivity contribution in [1.82, 2.24) is 20.8 Å². The SMILES string of the molecule is Cc1noc([C@@H](NC(=O)NC[C@H]2CCCO2)C(C)C)n1. The van der Waals surface area contributed by atoms with Gasteiger partial charge in [-0.25, -0.2) is 4.79 Å². The Morgan fingerprint density at radius 3 is 2.85 bits per heavy atom. The van der Waals surface area contributed by atoms with Crippen molar-refractivity contribution in [3.8, 4) is 0 Å². The van der Waals surface area contributed by atoms with Crippen molar-refractivity contribution in [2.24, 2.45) is 5.92 Å². The van der Waals surface area contributed by atoms with Crippen LogP contribution in [0, 0.1) is 12.8 Å². The van der Waals surface area contributed by atoms with E-state index < -0.39 is 0 Å². The van der Waals surface area contributed by atoms with Crippen molar-refractivity contribution in [2.75, 3.05) is 13.2 Å². The quantitative estimate of drug-likeness (QED) is 0.855. The number of rotatable bonds is 5. The molecule has 2 atom stereocenters. The minimum atomic E-state index is -0.291. The van der Waals surface area contributed by atoms with Crippen LogP contribution < -0.4 is 10.6 Å². The lowest BCUT2D eigenvalue weighted by Crippen LogP contribution is -2.42. The van der Waals surface area contributed by atoms with E-state index in [1.807, 2.05) is 13.8 Å². The fourth-order valence-electron chi connectivity index (χ4n) is 2.16. The van der Waals surface area contributed by atoms with E-state index >= 15 is 0 Å². The van der Waals surface area contributed by atoms with Gasteiger partial charge < -0.3 is 19.9 Å². The predicted octanol–water partition coefficient (Wildman–Crippen LogP) is 1.55. The topological polar surface area (TPSA) is 89.3 Å². The van der Waals surface area contributed by atoms with Crippen LogP contribution in [0.3, 0.4) is 0 Å². The standard InChI is InChI=1S/C13H22N4O3/c1-8(2)11(12-15-9(3)17-20-12)16-13(18)14-7-10-5-4-6-19-10/h8,10-11H,4-7H2,1-3H3,(H2,14,16,18)/t10-,11+/m1/s1. The highest BCUT2D eigenvalue weighted by atomic mass is 16.5. The van der Waals surface area contributed by atoms with Gasteiger partial charge in [0.15, 0.2) is 5.82 Å². The minimum Gasteiger partial charge on any atom is -0.376 e. The second-order valence-corrected chi connectivity index (χ2v) is 5.39. The molecule has 1 saturated heterocycles. The maximum Gasteiger partial charge on any atom is 0.315 e. The Morgan fingerprint density at radius 1 is 1.50 bits per heavy atom. The number of ether oxygens (including phenoxy) is 1. The van der Waals surface area contributed by atoms with E-state index in [0.29, 0.717) is 18.3 Å². The summed E-state index contributed by atoms with van der Waals surface area (Å²) in [6.45, 7) is 7.04. The highest BCUT2D eigenvalue weighted by Gasteiger charge is 2.24. The molecule has 0 aliphatic carbocycles. The molecule has 1 fully saturated rings. The average molecular weight is 282 g/mol. The number of nitrogens with zero attached hydrogens (tertiary/aromatic N) is 2. The van der Waals surface area contributed by atoms with E-state index in [9.17, 15) is 4.79 Å². The predicted molar refractivity (Wildman–Crippen MR) is 72.1 cm³/mol. The molecule has 0 saturated carbocycles. The molecule has 20 heavy (non-hydrogen) atoms. The van der Waals surface area contributed by atoms with Gasteiger partial charge in [0.25, 0.3) is 0 Å². The van der Waals surface area contributed by atoms with Gasteiger partial charge in [-0.05, 0) is 25.7 Å². The maximum atomic E-state index is 11.9. The fourth-order valence-corrected chi connectivity index (χ4v) is 2.16. The lowest BCUT2D eigenvalue weighted by molar-refractivity contribution is 0.111. The van der Waals surface area contributed by atoms with Crippen LogP contribution in [-0.4, -0.2) is 35.4 Å². The van der Waals surface area contributed by atoms with Crippen LogP contribution in [0.2, 0.25) is 0 Å². The zero-order valence-corrected chi connectivity index (χ0v) is 12.2. The number of aryl methyl sites for hydroxylation is 1. The molecule has 1 aliphatic heterocycles. The van der Waals surface area contributed by atoms with Crippen molar-refractivity contribution in [1.29, 1.82) is 0 Å². The summed E-state index contributed by atoms with van der Waals surface area (Å²) in [7, 11) is 0. The lowest BCUT2D eigenvalue weighted by atomic mass is 10.0. The summed E-state index contributed by atoms with van der Waals surface area (Å²) in [5.41, 5.74) is 0. The molecule has 7 nitrogen and oxygen atoms in total. The molecule has 1 aromatic rings. The molecule has 0 bridgehead atoms. The number of nitrogens with one attached hydrogen (secondary N) is 2. The number of carbonyl (C=O) groups is 1. The van der Waals surface area contributed by atoms with E-state index in [2.05, 4.69) is 20.8 Å². The van der Waals surface area contributed by atoms with Crippen molar-refractivity contribution >= 4 is 6.03 Å². The largest absolute Gasteiger partial charge is 0.376 e. The van der Waals surface area contributed by atoms with Gasteiger partial charge in [-0.1, -0.05) is 19.0 Å². The van der Waals surface area contributed by atoms with Crippen LogP contribution in [0.5, 0.6) is 0 Å². The summed E-state index contributed by atoms with van der Waals surface area (Å²) >= 11 is 0. The summed E-state index contributed by atoms with van der Waals surface area (Å²) < 4.78 is 10.6. The van der Waals surface area contributed by atoms with Crippen molar-refractivity contribution < 1.29 is 14.1 Å². The Bertz CT molecular complexity index is 441. The van der Waals surface area contributed by atoms with E-state index in [4.69, 9.17) is 9.26 Å². The Balaban J connectivity index is 1.85. The fraction of sp³-hybridized carbons (Fsp3) is 0.769. The third-order valence-corrected chi connectivity index (χ3v) is 3.28. The number of hydrogen-bond donors (Lipinski definition) is 2. The summed E-state index contributed by atoms with van der Waals surface area (Å²) in [5.74, 6) is 1.15. The third kappa shape index (κ3) is 3.93. The van der Waals surface area contributed by atoms with Crippen LogP contribution in [0.4, 0.5) is 4.79 Å². The minimum absolute atomic E-state index is 0.129. The van der Waals surface area contributed by atoms with Gasteiger partial charge in [0, 0.05) is 13.2 Å². The monoisotopic (exact) mass is 282 g/mol. The molecule has 0 aromatic carbocycles. The first-order valence-electron chi connectivity index (χ1n) is 7.02. The Kier molecular flexibility index (Phi) is 4.94. The Morgan fingerprint density at radius 2 is 2.30 bits per heavy atom. The molecule has 0 radical (unpaired) electrons. The maximum absolute atomic E-state index is 11.9. The number of aromatic nitrogens is 2. The first-order chi connectivity index (χ1) is 9.56. The number of carbonyl (C=O) groups excluding carboxylic acids is 1. The van der Waals surface area contributed by atoms with Gasteiger partial charge >= 0.3 is 6.03 Å². The van der Waals surface area contributed by atoms with Crippen molar-refractivity contribution in [3.05, 3.63) is 11.7 Å². The molecule has 2 rings (SSSR count). The van der Waals surface area contributed by atoms with Crippen LogP contribution in [0.25, 0.3) is 0 Å². The number of hydrogen-bond acceptors (Lipinski definition) is 5. The Labute approximate surface area is 118 Å². The van der Waals surface area contributed by atoms with Crippen LogP contribution >= 0.6 is 0 Å². The molecular weight excluding hydrogens is 260 g/mol. The highest BCUT2D eigenvalue weighted by Crippen LogP contribution is 2.19. The molecule has 2 N–H and O–H groups in total. The first kappa shape index (κ1) is 14.8. The molecule has 0 unspecified atom stereocenters. The molecule has 7 heteroatoms. The highest BCUT2D eigenvalue weighted by molar-refractivity contribution is 5.74. The number of urea groups is 1. The summed E-state index contributed by atoms with van der Waals surface area (Å²) in [6, 6.07) is -0.532. The molecule has 2 heterocycles. The van der Waals surface area contributed by atoms with Crippen molar-refractivity contribution in [3.63, 3.8) is 0 Å². The van der Waals surface area contributed by atoms with Crippen LogP contribution in [-0.2, 0) is 4.74 Å². The summed E-state index contributed by atoms with van der Waals surface area (Å²) in [5, 5.41) is 9.45. The lowest BCUT2D eigenvalue weighted by Gasteiger charge is -2.19. The van der Waals surface area contributed by atoms with Crippen LogP contribution in [0.15, 0.2) is 4.52 Å². The zero-order valence-electron chi connectivity index (χ0n) is 12.2. The second kappa shape index (κ2) is 6.69. The zero-order chi connectivity index (χ0) is 14.5. The van der Waals surface area contributed by atoms with Gasteiger partial charge in [-0.2, -0.15) is 4.98 Å². The van der Waals surface area contributed by atoms with Gasteiger partial charge in [0.1, 0.15) is 6.04 Å². The first-order valence-corrected chi connectivity index (χ1v) is 7.02. The molecule has 1 aromatic heterocycles. The normalized spacial score (nSPS) is 20.1. The Hall–Kier alpha value is -1.63. The molecular formula is C13H22N4O3. The summed E-state index contributed by atoms with van der Waals surface area (Å²) in [6.07, 6.45) is 2.18. The summed E-state index contributed by atoms with van der Waals surface area (Å²) in [4.78, 5) is 16.1. The van der Waals surface area contributed by atoms with Gasteiger partial charge in [0.05, 0.1) is 6.10 Å². The second-order valence-electron chi connectivity index (χ2n) is 5.39. The molecule has 0 spiro atoms. The smallest absolute Gasteiger partial charge is 0.315 e. The van der Waals surface area contributed by atoms with E-state index in [-0.39, 0.29) is 24.1 Å². The third-order valence-electron chi connectivity index (χ3n) is 3.28. The van der Waals surface area contributed by atoms with E-state index in [1.165, 1.54) is 0 Å². The molecule has 112 valence electrons. The average Bonchev–Trinajstić information content (AvgIpc) is 3.04.